The van der Waals surface area contributed by atoms with Gasteiger partial charge in [0.15, 0.2) is 0 Å². The molecule has 1 amide bonds. The summed E-state index contributed by atoms with van der Waals surface area (Å²) in [4.78, 5) is 15.7. The standard InChI is InChI=1S/C17H22N2O2/c20-11-13-5-2-1-3-8-15(13)19-17(21)14-7-4-6-12-9-10-18-16(12)14/h4,6-7,9-10,13,15,18,20H,1-3,5,8,11H2,(H,19,21)/t13-,15+/m0/s1. The van der Waals surface area contributed by atoms with Crippen LogP contribution in [0.15, 0.2) is 30.5 Å². The second-order valence-electron chi connectivity index (χ2n) is 5.91. The van der Waals surface area contributed by atoms with E-state index in [4.69, 9.17) is 0 Å². The first-order chi connectivity index (χ1) is 10.3. The number of rotatable bonds is 3. The Bertz CT molecular complexity index is 620. The largest absolute Gasteiger partial charge is 0.396 e. The normalized spacial score (nSPS) is 22.9. The third-order valence-corrected chi connectivity index (χ3v) is 4.54. The molecule has 1 aromatic carbocycles. The fourth-order valence-electron chi connectivity index (χ4n) is 3.31. The number of hydrogen-bond acceptors (Lipinski definition) is 2. The number of carbonyl (C=O) groups excluding carboxylic acids is 1. The third-order valence-electron chi connectivity index (χ3n) is 4.54. The Morgan fingerprint density at radius 2 is 2.10 bits per heavy atom. The summed E-state index contributed by atoms with van der Waals surface area (Å²) in [5.74, 6) is 0.132. The van der Waals surface area contributed by atoms with Gasteiger partial charge in [0.2, 0.25) is 0 Å². The smallest absolute Gasteiger partial charge is 0.253 e. The van der Waals surface area contributed by atoms with Crippen LogP contribution in [0.25, 0.3) is 10.9 Å². The van der Waals surface area contributed by atoms with Gasteiger partial charge in [0.05, 0.1) is 11.1 Å². The molecule has 0 radical (unpaired) electrons. The maximum absolute atomic E-state index is 12.6. The van der Waals surface area contributed by atoms with Crippen LogP contribution < -0.4 is 5.32 Å². The predicted molar refractivity (Wildman–Crippen MR) is 83.2 cm³/mol. The summed E-state index contributed by atoms with van der Waals surface area (Å²) >= 11 is 0. The molecule has 0 spiro atoms. The minimum absolute atomic E-state index is 0.0478. The number of carbonyl (C=O) groups is 1. The van der Waals surface area contributed by atoms with Gasteiger partial charge in [-0.3, -0.25) is 4.79 Å². The SMILES string of the molecule is O=C(N[C@@H]1CCCCC[C@H]1CO)c1cccc2cc[nH]c12. The van der Waals surface area contributed by atoms with Gasteiger partial charge >= 0.3 is 0 Å². The maximum atomic E-state index is 12.6. The summed E-state index contributed by atoms with van der Waals surface area (Å²) in [5, 5.41) is 13.7. The van der Waals surface area contributed by atoms with Gasteiger partial charge in [-0.15, -0.1) is 0 Å². The number of para-hydroxylation sites is 1. The molecule has 21 heavy (non-hydrogen) atoms. The molecule has 1 aliphatic carbocycles. The maximum Gasteiger partial charge on any atom is 0.253 e. The zero-order valence-electron chi connectivity index (χ0n) is 12.1. The molecule has 2 aromatic rings. The summed E-state index contributed by atoms with van der Waals surface area (Å²) in [6, 6.07) is 7.79. The molecule has 1 heterocycles. The summed E-state index contributed by atoms with van der Waals surface area (Å²) in [6.45, 7) is 0.150. The van der Waals surface area contributed by atoms with Gasteiger partial charge in [-0.05, 0) is 25.0 Å². The van der Waals surface area contributed by atoms with E-state index >= 15 is 0 Å². The first-order valence-electron chi connectivity index (χ1n) is 7.77. The molecule has 1 saturated carbocycles. The van der Waals surface area contributed by atoms with Crippen molar-refractivity contribution >= 4 is 16.8 Å². The molecule has 1 fully saturated rings. The molecule has 1 aliphatic rings. The Morgan fingerprint density at radius 3 is 2.95 bits per heavy atom. The average Bonchev–Trinajstić information content (AvgIpc) is 2.87. The van der Waals surface area contributed by atoms with Crippen molar-refractivity contribution in [1.82, 2.24) is 10.3 Å². The average molecular weight is 286 g/mol. The van der Waals surface area contributed by atoms with Crippen molar-refractivity contribution < 1.29 is 9.90 Å². The van der Waals surface area contributed by atoms with Crippen molar-refractivity contribution in [1.29, 1.82) is 0 Å². The molecule has 0 aliphatic heterocycles. The lowest BCUT2D eigenvalue weighted by molar-refractivity contribution is 0.0901. The van der Waals surface area contributed by atoms with Crippen LogP contribution in [0.2, 0.25) is 0 Å². The van der Waals surface area contributed by atoms with Gasteiger partial charge in [0.25, 0.3) is 5.91 Å². The van der Waals surface area contributed by atoms with E-state index in [-0.39, 0.29) is 24.5 Å². The number of aromatic amines is 1. The topological polar surface area (TPSA) is 65.1 Å². The molecule has 112 valence electrons. The van der Waals surface area contributed by atoms with Crippen LogP contribution in [0.5, 0.6) is 0 Å². The predicted octanol–water partition coefficient (Wildman–Crippen LogP) is 2.84. The highest BCUT2D eigenvalue weighted by Gasteiger charge is 2.25. The van der Waals surface area contributed by atoms with Crippen molar-refractivity contribution in [2.75, 3.05) is 6.61 Å². The quantitative estimate of drug-likeness (QED) is 0.760. The molecule has 4 heteroatoms. The second-order valence-corrected chi connectivity index (χ2v) is 5.91. The summed E-state index contributed by atoms with van der Waals surface area (Å²) in [6.07, 6.45) is 7.25. The highest BCUT2D eigenvalue weighted by molar-refractivity contribution is 6.05. The van der Waals surface area contributed by atoms with Gasteiger partial charge in [0, 0.05) is 30.1 Å². The Balaban J connectivity index is 1.80. The minimum Gasteiger partial charge on any atom is -0.396 e. The lowest BCUT2D eigenvalue weighted by Crippen LogP contribution is -2.41. The molecule has 2 atom stereocenters. The number of aromatic nitrogens is 1. The molecule has 1 aromatic heterocycles. The minimum atomic E-state index is -0.0478. The lowest BCUT2D eigenvalue weighted by Gasteiger charge is -2.24. The molecular weight excluding hydrogens is 264 g/mol. The molecule has 4 nitrogen and oxygen atoms in total. The Kier molecular flexibility index (Phi) is 4.25. The summed E-state index contributed by atoms with van der Waals surface area (Å²) in [5.41, 5.74) is 1.56. The van der Waals surface area contributed by atoms with E-state index in [0.29, 0.717) is 5.56 Å². The molecule has 3 N–H and O–H groups in total. The Labute approximate surface area is 124 Å². The van der Waals surface area contributed by atoms with Crippen molar-refractivity contribution in [2.45, 2.75) is 38.1 Å². The summed E-state index contributed by atoms with van der Waals surface area (Å²) in [7, 11) is 0. The zero-order valence-corrected chi connectivity index (χ0v) is 12.1. The van der Waals surface area contributed by atoms with E-state index in [9.17, 15) is 9.90 Å². The molecule has 0 bridgehead atoms. The molecular formula is C17H22N2O2. The monoisotopic (exact) mass is 286 g/mol. The number of H-pyrrole nitrogens is 1. The van der Waals surface area contributed by atoms with E-state index in [1.54, 1.807) is 0 Å². The fraction of sp³-hybridized carbons (Fsp3) is 0.471. The van der Waals surface area contributed by atoms with Crippen molar-refractivity contribution in [2.24, 2.45) is 5.92 Å². The Hall–Kier alpha value is -1.81. The number of aliphatic hydroxyl groups excluding tert-OH is 1. The molecule has 3 rings (SSSR count). The third kappa shape index (κ3) is 2.95. The highest BCUT2D eigenvalue weighted by Crippen LogP contribution is 2.24. The van der Waals surface area contributed by atoms with E-state index in [1.807, 2.05) is 30.5 Å². The van der Waals surface area contributed by atoms with Crippen LogP contribution in [0, 0.1) is 5.92 Å². The van der Waals surface area contributed by atoms with E-state index in [2.05, 4.69) is 10.3 Å². The van der Waals surface area contributed by atoms with Crippen LogP contribution in [0.1, 0.15) is 42.5 Å². The fourth-order valence-corrected chi connectivity index (χ4v) is 3.31. The van der Waals surface area contributed by atoms with Gasteiger partial charge < -0.3 is 15.4 Å². The van der Waals surface area contributed by atoms with Crippen molar-refractivity contribution in [3.05, 3.63) is 36.0 Å². The van der Waals surface area contributed by atoms with Gasteiger partial charge in [-0.25, -0.2) is 0 Å². The van der Waals surface area contributed by atoms with Crippen LogP contribution in [-0.4, -0.2) is 28.6 Å². The first-order valence-corrected chi connectivity index (χ1v) is 7.77. The number of hydrogen-bond donors (Lipinski definition) is 3. The van der Waals surface area contributed by atoms with E-state index in [1.165, 1.54) is 6.42 Å². The number of amides is 1. The Morgan fingerprint density at radius 1 is 1.24 bits per heavy atom. The second kappa shape index (κ2) is 6.31. The van der Waals surface area contributed by atoms with Crippen molar-refractivity contribution in [3.63, 3.8) is 0 Å². The zero-order chi connectivity index (χ0) is 14.7. The number of benzene rings is 1. The van der Waals surface area contributed by atoms with Gasteiger partial charge in [-0.2, -0.15) is 0 Å². The van der Waals surface area contributed by atoms with Gasteiger partial charge in [0.1, 0.15) is 0 Å². The summed E-state index contributed by atoms with van der Waals surface area (Å²) < 4.78 is 0. The highest BCUT2D eigenvalue weighted by atomic mass is 16.3. The van der Waals surface area contributed by atoms with Crippen LogP contribution in [-0.2, 0) is 0 Å². The first kappa shape index (κ1) is 14.1. The van der Waals surface area contributed by atoms with Gasteiger partial charge in [-0.1, -0.05) is 31.4 Å². The number of fused-ring (bicyclic) bond motifs is 1. The van der Waals surface area contributed by atoms with E-state index in [0.717, 1.165) is 36.6 Å². The number of nitrogens with one attached hydrogen (secondary N) is 2. The molecule has 0 saturated heterocycles. The number of aliphatic hydroxyl groups is 1. The lowest BCUT2D eigenvalue weighted by atomic mass is 9.95. The van der Waals surface area contributed by atoms with Crippen LogP contribution >= 0.6 is 0 Å². The van der Waals surface area contributed by atoms with E-state index < -0.39 is 0 Å². The van der Waals surface area contributed by atoms with Crippen LogP contribution in [0.3, 0.4) is 0 Å². The molecule has 0 unspecified atom stereocenters. The van der Waals surface area contributed by atoms with Crippen LogP contribution in [0.4, 0.5) is 0 Å². The van der Waals surface area contributed by atoms with Crippen molar-refractivity contribution in [3.8, 4) is 0 Å².